The molecule has 1 N–H and O–H groups in total. The van der Waals surface area contributed by atoms with E-state index in [-0.39, 0.29) is 0 Å². The standard InChI is InChI=1S/C14H16BrNS/c1-9-4-5-17-13(9)8-16-12-6-10(2)14(15)11(3)7-12/h4-7,16H,8H2,1-3H3. The molecule has 90 valence electrons. The molecule has 0 saturated carbocycles. The predicted octanol–water partition coefficient (Wildman–Crippen LogP) is 5.05. The van der Waals surface area contributed by atoms with Gasteiger partial charge < -0.3 is 5.32 Å². The Morgan fingerprint density at radius 2 is 1.76 bits per heavy atom. The first-order valence-corrected chi connectivity index (χ1v) is 7.29. The fourth-order valence-electron chi connectivity index (χ4n) is 1.82. The lowest BCUT2D eigenvalue weighted by Crippen LogP contribution is -1.99. The third kappa shape index (κ3) is 2.90. The predicted molar refractivity (Wildman–Crippen MR) is 80.0 cm³/mol. The molecular weight excluding hydrogens is 294 g/mol. The molecule has 1 nitrogen and oxygen atoms in total. The molecule has 0 aliphatic rings. The van der Waals surface area contributed by atoms with E-state index in [1.807, 2.05) is 11.3 Å². The molecule has 0 saturated heterocycles. The van der Waals surface area contributed by atoms with Gasteiger partial charge in [0.05, 0.1) is 0 Å². The second-order valence-electron chi connectivity index (χ2n) is 4.30. The summed E-state index contributed by atoms with van der Waals surface area (Å²) in [6.45, 7) is 7.31. The van der Waals surface area contributed by atoms with Gasteiger partial charge in [-0.3, -0.25) is 0 Å². The number of anilines is 1. The molecule has 0 fully saturated rings. The highest BCUT2D eigenvalue weighted by atomic mass is 79.9. The van der Waals surface area contributed by atoms with E-state index >= 15 is 0 Å². The molecule has 1 heterocycles. The first-order chi connectivity index (χ1) is 8.08. The lowest BCUT2D eigenvalue weighted by Gasteiger charge is -2.10. The first kappa shape index (κ1) is 12.7. The number of hydrogen-bond acceptors (Lipinski definition) is 2. The molecule has 0 spiro atoms. The quantitative estimate of drug-likeness (QED) is 0.836. The molecule has 3 heteroatoms. The second-order valence-corrected chi connectivity index (χ2v) is 6.10. The minimum absolute atomic E-state index is 0.907. The molecule has 0 aliphatic heterocycles. The molecule has 1 aromatic carbocycles. The van der Waals surface area contributed by atoms with Gasteiger partial charge in [-0.15, -0.1) is 11.3 Å². The number of thiophene rings is 1. The van der Waals surface area contributed by atoms with Crippen LogP contribution in [-0.4, -0.2) is 0 Å². The van der Waals surface area contributed by atoms with Crippen molar-refractivity contribution < 1.29 is 0 Å². The highest BCUT2D eigenvalue weighted by Crippen LogP contribution is 2.26. The highest BCUT2D eigenvalue weighted by molar-refractivity contribution is 9.10. The van der Waals surface area contributed by atoms with Crippen LogP contribution in [0.2, 0.25) is 0 Å². The lowest BCUT2D eigenvalue weighted by atomic mass is 10.1. The molecule has 0 amide bonds. The van der Waals surface area contributed by atoms with Crippen molar-refractivity contribution in [3.8, 4) is 0 Å². The summed E-state index contributed by atoms with van der Waals surface area (Å²) in [4.78, 5) is 1.41. The minimum Gasteiger partial charge on any atom is -0.380 e. The van der Waals surface area contributed by atoms with Gasteiger partial charge >= 0.3 is 0 Å². The maximum Gasteiger partial charge on any atom is 0.0496 e. The Morgan fingerprint density at radius 3 is 2.29 bits per heavy atom. The number of rotatable bonds is 3. The Hall–Kier alpha value is -0.800. The van der Waals surface area contributed by atoms with E-state index in [0.717, 1.165) is 6.54 Å². The van der Waals surface area contributed by atoms with Crippen LogP contribution >= 0.6 is 27.3 Å². The second kappa shape index (κ2) is 5.23. The Balaban J connectivity index is 2.12. The van der Waals surface area contributed by atoms with E-state index in [4.69, 9.17) is 0 Å². The van der Waals surface area contributed by atoms with Gasteiger partial charge in [0.15, 0.2) is 0 Å². The van der Waals surface area contributed by atoms with E-state index in [2.05, 4.69) is 65.6 Å². The maximum atomic E-state index is 3.59. The summed E-state index contributed by atoms with van der Waals surface area (Å²) < 4.78 is 1.20. The molecule has 17 heavy (non-hydrogen) atoms. The van der Waals surface area contributed by atoms with Crippen LogP contribution in [0.4, 0.5) is 5.69 Å². The first-order valence-electron chi connectivity index (χ1n) is 5.61. The number of aryl methyl sites for hydroxylation is 3. The largest absolute Gasteiger partial charge is 0.380 e. The van der Waals surface area contributed by atoms with E-state index < -0.39 is 0 Å². The van der Waals surface area contributed by atoms with E-state index in [0.29, 0.717) is 0 Å². The Kier molecular flexibility index (Phi) is 3.89. The molecular formula is C14H16BrNS. The van der Waals surface area contributed by atoms with Crippen molar-refractivity contribution in [1.29, 1.82) is 0 Å². The fraction of sp³-hybridized carbons (Fsp3) is 0.286. The molecule has 0 radical (unpaired) electrons. The summed E-state index contributed by atoms with van der Waals surface area (Å²) >= 11 is 5.40. The maximum absolute atomic E-state index is 3.59. The van der Waals surface area contributed by atoms with Gasteiger partial charge in [-0.05, 0) is 61.0 Å². The molecule has 1 aromatic heterocycles. The summed E-state index contributed by atoms with van der Waals surface area (Å²) in [6, 6.07) is 6.53. The van der Waals surface area contributed by atoms with Crippen LogP contribution in [0, 0.1) is 20.8 Å². The van der Waals surface area contributed by atoms with Crippen molar-refractivity contribution in [1.82, 2.24) is 0 Å². The minimum atomic E-state index is 0.907. The summed E-state index contributed by atoms with van der Waals surface area (Å²) in [5.74, 6) is 0. The average molecular weight is 310 g/mol. The van der Waals surface area contributed by atoms with E-state index in [1.165, 1.54) is 31.7 Å². The highest BCUT2D eigenvalue weighted by Gasteiger charge is 2.03. The van der Waals surface area contributed by atoms with Crippen molar-refractivity contribution in [3.63, 3.8) is 0 Å². The van der Waals surface area contributed by atoms with Crippen LogP contribution in [0.1, 0.15) is 21.6 Å². The van der Waals surface area contributed by atoms with Gasteiger partial charge in [0.25, 0.3) is 0 Å². The summed E-state index contributed by atoms with van der Waals surface area (Å²) in [5, 5.41) is 5.63. The molecule has 2 rings (SSSR count). The third-order valence-corrected chi connectivity index (χ3v) is 5.13. The molecule has 0 aliphatic carbocycles. The number of halogens is 1. The third-order valence-electron chi connectivity index (χ3n) is 2.86. The zero-order valence-corrected chi connectivity index (χ0v) is 12.7. The molecule has 0 bridgehead atoms. The van der Waals surface area contributed by atoms with Gasteiger partial charge in [-0.2, -0.15) is 0 Å². The van der Waals surface area contributed by atoms with Crippen LogP contribution in [-0.2, 0) is 6.54 Å². The van der Waals surface area contributed by atoms with Crippen molar-refractivity contribution >= 4 is 33.0 Å². The number of hydrogen-bond donors (Lipinski definition) is 1. The van der Waals surface area contributed by atoms with Crippen LogP contribution in [0.5, 0.6) is 0 Å². The van der Waals surface area contributed by atoms with Gasteiger partial charge in [-0.1, -0.05) is 15.9 Å². The van der Waals surface area contributed by atoms with Crippen molar-refractivity contribution in [2.75, 3.05) is 5.32 Å². The Morgan fingerprint density at radius 1 is 1.12 bits per heavy atom. The van der Waals surface area contributed by atoms with Crippen LogP contribution < -0.4 is 5.32 Å². The Bertz CT molecular complexity index is 508. The van der Waals surface area contributed by atoms with Gasteiger partial charge in [0, 0.05) is 21.6 Å². The number of nitrogens with one attached hydrogen (secondary N) is 1. The summed E-state index contributed by atoms with van der Waals surface area (Å²) in [7, 11) is 0. The molecule has 2 aromatic rings. The lowest BCUT2D eigenvalue weighted by molar-refractivity contribution is 1.16. The average Bonchev–Trinajstić information content (AvgIpc) is 2.69. The molecule has 0 atom stereocenters. The monoisotopic (exact) mass is 309 g/mol. The topological polar surface area (TPSA) is 12.0 Å². The van der Waals surface area contributed by atoms with Crippen molar-refractivity contribution in [3.05, 3.63) is 49.6 Å². The zero-order valence-electron chi connectivity index (χ0n) is 10.3. The van der Waals surface area contributed by atoms with Gasteiger partial charge in [0.2, 0.25) is 0 Å². The summed E-state index contributed by atoms with van der Waals surface area (Å²) in [6.07, 6.45) is 0. The van der Waals surface area contributed by atoms with E-state index in [9.17, 15) is 0 Å². The van der Waals surface area contributed by atoms with Crippen molar-refractivity contribution in [2.24, 2.45) is 0 Å². The van der Waals surface area contributed by atoms with Crippen LogP contribution in [0.3, 0.4) is 0 Å². The SMILES string of the molecule is Cc1ccsc1CNc1cc(C)c(Br)c(C)c1. The zero-order chi connectivity index (χ0) is 12.4. The van der Waals surface area contributed by atoms with Gasteiger partial charge in [0.1, 0.15) is 0 Å². The smallest absolute Gasteiger partial charge is 0.0496 e. The normalized spacial score (nSPS) is 10.6. The summed E-state index contributed by atoms with van der Waals surface area (Å²) in [5.41, 5.74) is 5.11. The van der Waals surface area contributed by atoms with Gasteiger partial charge in [-0.25, -0.2) is 0 Å². The molecule has 0 unspecified atom stereocenters. The Labute approximate surface area is 115 Å². The van der Waals surface area contributed by atoms with Crippen LogP contribution in [0.15, 0.2) is 28.1 Å². The van der Waals surface area contributed by atoms with Crippen molar-refractivity contribution in [2.45, 2.75) is 27.3 Å². The fourth-order valence-corrected chi connectivity index (χ4v) is 2.89. The van der Waals surface area contributed by atoms with Crippen LogP contribution in [0.25, 0.3) is 0 Å². The number of benzene rings is 1. The van der Waals surface area contributed by atoms with E-state index in [1.54, 1.807) is 0 Å².